The van der Waals surface area contributed by atoms with Gasteiger partial charge in [-0.05, 0) is 35.4 Å². The molecule has 2 aromatic rings. The zero-order chi connectivity index (χ0) is 17.1. The van der Waals surface area contributed by atoms with Gasteiger partial charge in [-0.25, -0.2) is 0 Å². The molecule has 0 aromatic heterocycles. The van der Waals surface area contributed by atoms with E-state index >= 15 is 0 Å². The van der Waals surface area contributed by atoms with Crippen molar-refractivity contribution >= 4 is 11.4 Å². The van der Waals surface area contributed by atoms with Gasteiger partial charge in [0.25, 0.3) is 0 Å². The molecule has 0 heterocycles. The quantitative estimate of drug-likeness (QED) is 0.734. The molecule has 0 amide bonds. The summed E-state index contributed by atoms with van der Waals surface area (Å²) < 4.78 is 0. The molecule has 0 aliphatic carbocycles. The second-order valence-electron chi connectivity index (χ2n) is 4.88. The number of anilines is 2. The molecule has 0 saturated heterocycles. The van der Waals surface area contributed by atoms with E-state index in [-0.39, 0.29) is 0 Å². The Balaban J connectivity index is 0.00000102. The number of benzene rings is 2. The van der Waals surface area contributed by atoms with E-state index in [4.69, 9.17) is 0 Å². The summed E-state index contributed by atoms with van der Waals surface area (Å²) in [4.78, 5) is 4.22. The second-order valence-corrected chi connectivity index (χ2v) is 4.88. The number of hydrogen-bond acceptors (Lipinski definition) is 2. The van der Waals surface area contributed by atoms with Crippen LogP contribution < -0.4 is 9.80 Å². The third kappa shape index (κ3) is 5.80. The van der Waals surface area contributed by atoms with Crippen LogP contribution in [0.5, 0.6) is 0 Å². The lowest BCUT2D eigenvalue weighted by molar-refractivity contribution is 1.13. The summed E-state index contributed by atoms with van der Waals surface area (Å²) in [6.07, 6.45) is 0. The predicted molar refractivity (Wildman–Crippen MR) is 103 cm³/mol. The van der Waals surface area contributed by atoms with Crippen LogP contribution in [0.4, 0.5) is 11.4 Å². The summed E-state index contributed by atoms with van der Waals surface area (Å²) >= 11 is 0. The van der Waals surface area contributed by atoms with Crippen LogP contribution in [0.25, 0.3) is 11.1 Å². The lowest BCUT2D eigenvalue weighted by atomic mass is 10.0. The lowest BCUT2D eigenvalue weighted by Gasteiger charge is -2.14. The van der Waals surface area contributed by atoms with Crippen LogP contribution in [0, 0.1) is 0 Å². The van der Waals surface area contributed by atoms with Crippen LogP contribution in [0.15, 0.2) is 48.5 Å². The Hall–Kier alpha value is -1.96. The van der Waals surface area contributed by atoms with Crippen LogP contribution in [0.3, 0.4) is 0 Å². The minimum Gasteiger partial charge on any atom is -0.378 e. The highest BCUT2D eigenvalue weighted by atomic mass is 15.1. The molecule has 22 heavy (non-hydrogen) atoms. The van der Waals surface area contributed by atoms with E-state index in [0.717, 1.165) is 0 Å². The van der Waals surface area contributed by atoms with Gasteiger partial charge in [0.15, 0.2) is 0 Å². The normalized spacial score (nSPS) is 8.91. The summed E-state index contributed by atoms with van der Waals surface area (Å²) in [5, 5.41) is 0. The van der Waals surface area contributed by atoms with Crippen molar-refractivity contribution in [2.75, 3.05) is 38.0 Å². The molecule has 0 unspecified atom stereocenters. The fourth-order valence-corrected chi connectivity index (χ4v) is 1.90. The number of nitrogens with zero attached hydrogens (tertiary/aromatic N) is 2. The lowest BCUT2D eigenvalue weighted by Crippen LogP contribution is -2.08. The third-order valence-corrected chi connectivity index (χ3v) is 3.10. The van der Waals surface area contributed by atoms with Crippen LogP contribution in [-0.2, 0) is 0 Å². The zero-order valence-corrected chi connectivity index (χ0v) is 15.5. The molecule has 0 atom stereocenters. The standard InChI is InChI=1S/C16H20N2.2C2H6/c1-17(2)15-9-5-13(6-10-15)14-7-11-16(12-8-14)18(3)4;2*1-2/h5-12H,1-4H3;2*1-2H3. The SMILES string of the molecule is CC.CC.CN(C)c1ccc(-c2ccc(N(C)C)cc2)cc1. The van der Waals surface area contributed by atoms with E-state index in [1.54, 1.807) is 0 Å². The Morgan fingerprint density at radius 1 is 0.455 bits per heavy atom. The van der Waals surface area contributed by atoms with Crippen molar-refractivity contribution in [3.05, 3.63) is 48.5 Å². The molecule has 0 aliphatic rings. The Kier molecular flexibility index (Phi) is 9.77. The van der Waals surface area contributed by atoms with Gasteiger partial charge < -0.3 is 9.80 Å². The van der Waals surface area contributed by atoms with Gasteiger partial charge in [0.2, 0.25) is 0 Å². The molecule has 122 valence electrons. The first-order valence-corrected chi connectivity index (χ1v) is 8.13. The van der Waals surface area contributed by atoms with Crippen molar-refractivity contribution in [3.8, 4) is 11.1 Å². The van der Waals surface area contributed by atoms with Crippen molar-refractivity contribution in [1.29, 1.82) is 0 Å². The monoisotopic (exact) mass is 300 g/mol. The molecule has 0 fully saturated rings. The van der Waals surface area contributed by atoms with Gasteiger partial charge in [0, 0.05) is 39.6 Å². The molecule has 0 N–H and O–H groups in total. The summed E-state index contributed by atoms with van der Waals surface area (Å²) in [5.74, 6) is 0. The first-order chi connectivity index (χ1) is 10.6. The number of rotatable bonds is 3. The summed E-state index contributed by atoms with van der Waals surface area (Å²) in [6.45, 7) is 8.00. The summed E-state index contributed by atoms with van der Waals surface area (Å²) in [5.41, 5.74) is 4.96. The molecule has 0 bridgehead atoms. The Morgan fingerprint density at radius 2 is 0.682 bits per heavy atom. The van der Waals surface area contributed by atoms with Gasteiger partial charge in [-0.3, -0.25) is 0 Å². The summed E-state index contributed by atoms with van der Waals surface area (Å²) in [6, 6.07) is 17.3. The Labute approximate surface area is 137 Å². The van der Waals surface area contributed by atoms with Gasteiger partial charge in [0.05, 0.1) is 0 Å². The first kappa shape index (κ1) is 20.0. The van der Waals surface area contributed by atoms with Gasteiger partial charge in [-0.2, -0.15) is 0 Å². The second kappa shape index (κ2) is 10.7. The highest BCUT2D eigenvalue weighted by Gasteiger charge is 2.00. The van der Waals surface area contributed by atoms with E-state index in [1.165, 1.54) is 22.5 Å². The van der Waals surface area contributed by atoms with E-state index in [1.807, 2.05) is 27.7 Å². The van der Waals surface area contributed by atoms with Crippen LogP contribution >= 0.6 is 0 Å². The van der Waals surface area contributed by atoms with Crippen molar-refractivity contribution in [2.45, 2.75) is 27.7 Å². The summed E-state index contributed by atoms with van der Waals surface area (Å²) in [7, 11) is 8.23. The highest BCUT2D eigenvalue weighted by molar-refractivity contribution is 5.68. The Morgan fingerprint density at radius 3 is 0.864 bits per heavy atom. The largest absolute Gasteiger partial charge is 0.378 e. The van der Waals surface area contributed by atoms with Crippen molar-refractivity contribution < 1.29 is 0 Å². The van der Waals surface area contributed by atoms with E-state index in [2.05, 4.69) is 86.5 Å². The molecule has 2 nitrogen and oxygen atoms in total. The molecule has 2 heteroatoms. The van der Waals surface area contributed by atoms with Crippen LogP contribution in [0.1, 0.15) is 27.7 Å². The van der Waals surface area contributed by atoms with E-state index < -0.39 is 0 Å². The molecular weight excluding hydrogens is 268 g/mol. The average Bonchev–Trinajstić information content (AvgIpc) is 2.58. The van der Waals surface area contributed by atoms with Gasteiger partial charge >= 0.3 is 0 Å². The maximum absolute atomic E-state index is 2.17. The van der Waals surface area contributed by atoms with Crippen molar-refractivity contribution in [1.82, 2.24) is 0 Å². The molecule has 0 aliphatic heterocycles. The molecule has 0 radical (unpaired) electrons. The predicted octanol–water partition coefficient (Wildman–Crippen LogP) is 5.54. The number of hydrogen-bond donors (Lipinski definition) is 0. The maximum Gasteiger partial charge on any atom is 0.0361 e. The van der Waals surface area contributed by atoms with Gasteiger partial charge in [0.1, 0.15) is 0 Å². The Bertz CT molecular complexity index is 447. The first-order valence-electron chi connectivity index (χ1n) is 8.13. The molecular formula is C20H32N2. The fourth-order valence-electron chi connectivity index (χ4n) is 1.90. The van der Waals surface area contributed by atoms with Gasteiger partial charge in [-0.15, -0.1) is 0 Å². The van der Waals surface area contributed by atoms with Gasteiger partial charge in [-0.1, -0.05) is 52.0 Å². The molecule has 0 spiro atoms. The fraction of sp³-hybridized carbons (Fsp3) is 0.400. The van der Waals surface area contributed by atoms with E-state index in [0.29, 0.717) is 0 Å². The van der Waals surface area contributed by atoms with Crippen molar-refractivity contribution in [2.24, 2.45) is 0 Å². The average molecular weight is 300 g/mol. The van der Waals surface area contributed by atoms with Crippen LogP contribution in [-0.4, -0.2) is 28.2 Å². The van der Waals surface area contributed by atoms with Crippen molar-refractivity contribution in [3.63, 3.8) is 0 Å². The molecule has 2 aromatic carbocycles. The van der Waals surface area contributed by atoms with Crippen LogP contribution in [0.2, 0.25) is 0 Å². The molecule has 0 saturated carbocycles. The minimum atomic E-state index is 1.23. The third-order valence-electron chi connectivity index (χ3n) is 3.10. The highest BCUT2D eigenvalue weighted by Crippen LogP contribution is 2.24. The molecule has 2 rings (SSSR count). The maximum atomic E-state index is 2.17. The topological polar surface area (TPSA) is 6.48 Å². The smallest absolute Gasteiger partial charge is 0.0361 e. The zero-order valence-electron chi connectivity index (χ0n) is 15.5. The minimum absolute atomic E-state index is 1.23. The van der Waals surface area contributed by atoms with E-state index in [9.17, 15) is 0 Å².